The highest BCUT2D eigenvalue weighted by atomic mass is 35.5. The second-order valence-electron chi connectivity index (χ2n) is 4.95. The zero-order chi connectivity index (χ0) is 13.9. The fourth-order valence-electron chi connectivity index (χ4n) is 2.77. The zero-order valence-corrected chi connectivity index (χ0v) is 12.3. The summed E-state index contributed by atoms with van der Waals surface area (Å²) in [5.41, 5.74) is 0.950. The van der Waals surface area contributed by atoms with E-state index < -0.39 is 0 Å². The van der Waals surface area contributed by atoms with Gasteiger partial charge in [0.1, 0.15) is 6.04 Å². The standard InChI is InChI=1S/C13H15Cl2N5/c14-11-5-1-4-10(12(11)15)13(20-18-8-17-19-20)9-3-2-6-16-7-9/h1,4-5,8-9,13,16H,2-3,6-7H2/t9-,13?/m0/s1. The van der Waals surface area contributed by atoms with Gasteiger partial charge < -0.3 is 5.32 Å². The molecule has 1 aromatic heterocycles. The predicted molar refractivity (Wildman–Crippen MR) is 78.0 cm³/mol. The molecule has 5 nitrogen and oxygen atoms in total. The van der Waals surface area contributed by atoms with E-state index in [-0.39, 0.29) is 6.04 Å². The third kappa shape index (κ3) is 2.66. The Morgan fingerprint density at radius 2 is 2.25 bits per heavy atom. The Bertz CT molecular complexity index is 566. The molecule has 0 spiro atoms. The molecule has 1 unspecified atom stereocenters. The number of halogens is 2. The minimum Gasteiger partial charge on any atom is -0.316 e. The summed E-state index contributed by atoms with van der Waals surface area (Å²) < 4.78 is 0. The van der Waals surface area contributed by atoms with Crippen LogP contribution in [0.25, 0.3) is 0 Å². The van der Waals surface area contributed by atoms with Crippen molar-refractivity contribution in [1.29, 1.82) is 0 Å². The highest BCUT2D eigenvalue weighted by molar-refractivity contribution is 6.42. The Balaban J connectivity index is 2.03. The van der Waals surface area contributed by atoms with E-state index in [2.05, 4.69) is 20.7 Å². The van der Waals surface area contributed by atoms with Crippen molar-refractivity contribution in [3.05, 3.63) is 40.1 Å². The van der Waals surface area contributed by atoms with E-state index in [0.717, 1.165) is 31.5 Å². The number of nitrogens with zero attached hydrogens (tertiary/aromatic N) is 4. The molecule has 7 heteroatoms. The van der Waals surface area contributed by atoms with E-state index in [0.29, 0.717) is 16.0 Å². The van der Waals surface area contributed by atoms with Crippen LogP contribution >= 0.6 is 23.2 Å². The lowest BCUT2D eigenvalue weighted by Gasteiger charge is -2.30. The molecule has 0 saturated carbocycles. The number of hydrogen-bond acceptors (Lipinski definition) is 4. The van der Waals surface area contributed by atoms with Crippen LogP contribution in [0.3, 0.4) is 0 Å². The first kappa shape index (κ1) is 13.8. The fraction of sp³-hybridized carbons (Fsp3) is 0.462. The van der Waals surface area contributed by atoms with Crippen molar-refractivity contribution in [1.82, 2.24) is 25.5 Å². The molecule has 0 bridgehead atoms. The van der Waals surface area contributed by atoms with Gasteiger partial charge in [-0.05, 0) is 42.1 Å². The molecule has 0 amide bonds. The number of rotatable bonds is 3. The molecule has 0 radical (unpaired) electrons. The summed E-state index contributed by atoms with van der Waals surface area (Å²) in [6.07, 6.45) is 3.68. The molecule has 1 aromatic carbocycles. The third-order valence-electron chi connectivity index (χ3n) is 3.70. The van der Waals surface area contributed by atoms with Gasteiger partial charge in [-0.25, -0.2) is 0 Å². The lowest BCUT2D eigenvalue weighted by Crippen LogP contribution is -2.36. The molecule has 106 valence electrons. The molecule has 1 aliphatic heterocycles. The van der Waals surface area contributed by atoms with Gasteiger partial charge in [0.15, 0.2) is 6.33 Å². The van der Waals surface area contributed by atoms with Crippen LogP contribution in [-0.4, -0.2) is 33.3 Å². The minimum atomic E-state index is -0.0449. The number of aromatic nitrogens is 4. The molecular formula is C13H15Cl2N5. The maximum absolute atomic E-state index is 6.38. The quantitative estimate of drug-likeness (QED) is 0.946. The van der Waals surface area contributed by atoms with E-state index in [1.165, 1.54) is 6.33 Å². The van der Waals surface area contributed by atoms with Crippen molar-refractivity contribution in [2.45, 2.75) is 18.9 Å². The van der Waals surface area contributed by atoms with Gasteiger partial charge >= 0.3 is 0 Å². The van der Waals surface area contributed by atoms with E-state index in [1.807, 2.05) is 12.1 Å². The first-order valence-electron chi connectivity index (χ1n) is 6.64. The van der Waals surface area contributed by atoms with Crippen molar-refractivity contribution in [3.63, 3.8) is 0 Å². The molecule has 3 rings (SSSR count). The van der Waals surface area contributed by atoms with Crippen molar-refractivity contribution in [2.75, 3.05) is 13.1 Å². The molecule has 1 N–H and O–H groups in total. The average molecular weight is 312 g/mol. The predicted octanol–water partition coefficient (Wildman–Crippen LogP) is 2.57. The van der Waals surface area contributed by atoms with Gasteiger partial charge in [-0.1, -0.05) is 35.3 Å². The molecule has 2 atom stereocenters. The first-order chi connectivity index (χ1) is 9.77. The smallest absolute Gasteiger partial charge is 0.162 e. The second kappa shape index (κ2) is 6.08. The number of hydrogen-bond donors (Lipinski definition) is 1. The van der Waals surface area contributed by atoms with Crippen molar-refractivity contribution >= 4 is 23.2 Å². The normalized spacial score (nSPS) is 20.8. The van der Waals surface area contributed by atoms with Crippen molar-refractivity contribution in [3.8, 4) is 0 Å². The first-order valence-corrected chi connectivity index (χ1v) is 7.40. The summed E-state index contributed by atoms with van der Waals surface area (Å²) in [4.78, 5) is 1.63. The molecule has 2 heterocycles. The zero-order valence-electron chi connectivity index (χ0n) is 10.8. The highest BCUT2D eigenvalue weighted by Crippen LogP contribution is 2.36. The van der Waals surface area contributed by atoms with Gasteiger partial charge in [0.2, 0.25) is 0 Å². The topological polar surface area (TPSA) is 55.6 Å². The molecule has 1 aliphatic rings. The van der Waals surface area contributed by atoms with Crippen LogP contribution in [-0.2, 0) is 0 Å². The molecular weight excluding hydrogens is 297 g/mol. The monoisotopic (exact) mass is 311 g/mol. The third-order valence-corrected chi connectivity index (χ3v) is 4.53. The van der Waals surface area contributed by atoms with Gasteiger partial charge in [-0.3, -0.25) is 0 Å². The van der Waals surface area contributed by atoms with Crippen LogP contribution in [0.4, 0.5) is 0 Å². The molecule has 1 fully saturated rings. The summed E-state index contributed by atoms with van der Waals surface area (Å²) >= 11 is 12.5. The second-order valence-corrected chi connectivity index (χ2v) is 5.74. The van der Waals surface area contributed by atoms with Crippen molar-refractivity contribution in [2.24, 2.45) is 5.92 Å². The highest BCUT2D eigenvalue weighted by Gasteiger charge is 2.30. The van der Waals surface area contributed by atoms with Crippen LogP contribution in [0, 0.1) is 5.92 Å². The van der Waals surface area contributed by atoms with Crippen LogP contribution < -0.4 is 5.32 Å². The van der Waals surface area contributed by atoms with Crippen LogP contribution in [0.2, 0.25) is 10.0 Å². The van der Waals surface area contributed by atoms with Gasteiger partial charge in [0.05, 0.1) is 10.0 Å². The molecule has 2 aromatic rings. The number of benzene rings is 1. The molecule has 0 aliphatic carbocycles. The Morgan fingerprint density at radius 1 is 1.35 bits per heavy atom. The number of nitrogens with one attached hydrogen (secondary N) is 1. The summed E-state index contributed by atoms with van der Waals surface area (Å²) in [7, 11) is 0. The summed E-state index contributed by atoms with van der Waals surface area (Å²) in [5, 5.41) is 16.6. The minimum absolute atomic E-state index is 0.0449. The lowest BCUT2D eigenvalue weighted by molar-refractivity contribution is 0.261. The van der Waals surface area contributed by atoms with Crippen LogP contribution in [0.1, 0.15) is 24.4 Å². The van der Waals surface area contributed by atoms with Crippen molar-refractivity contribution < 1.29 is 0 Å². The van der Waals surface area contributed by atoms with Gasteiger partial charge in [0, 0.05) is 6.54 Å². The van der Waals surface area contributed by atoms with E-state index in [9.17, 15) is 0 Å². The molecule has 20 heavy (non-hydrogen) atoms. The summed E-state index contributed by atoms with van der Waals surface area (Å²) in [6.45, 7) is 1.96. The Morgan fingerprint density at radius 3 is 2.95 bits per heavy atom. The van der Waals surface area contributed by atoms with E-state index >= 15 is 0 Å². The van der Waals surface area contributed by atoms with E-state index in [4.69, 9.17) is 23.2 Å². The Hall–Kier alpha value is -1.17. The number of tetrazole rings is 1. The van der Waals surface area contributed by atoms with Gasteiger partial charge in [0.25, 0.3) is 0 Å². The van der Waals surface area contributed by atoms with E-state index in [1.54, 1.807) is 10.9 Å². The lowest BCUT2D eigenvalue weighted by atomic mass is 9.87. The Kier molecular flexibility index (Phi) is 4.19. The SMILES string of the molecule is Clc1cccc(C([C@H]2CCCNC2)n2ncnn2)c1Cl. The maximum atomic E-state index is 6.38. The Labute approximate surface area is 127 Å². The van der Waals surface area contributed by atoms with Gasteiger partial charge in [-0.15, -0.1) is 10.2 Å². The van der Waals surface area contributed by atoms with Gasteiger partial charge in [-0.2, -0.15) is 4.80 Å². The summed E-state index contributed by atoms with van der Waals surface area (Å²) in [6, 6.07) is 5.63. The summed E-state index contributed by atoms with van der Waals surface area (Å²) in [5.74, 6) is 0.369. The van der Waals surface area contributed by atoms with Crippen LogP contribution in [0.15, 0.2) is 24.5 Å². The molecule has 1 saturated heterocycles. The maximum Gasteiger partial charge on any atom is 0.162 e. The largest absolute Gasteiger partial charge is 0.316 e. The number of piperidine rings is 1. The average Bonchev–Trinajstić information content (AvgIpc) is 2.99. The van der Waals surface area contributed by atoms with Crippen LogP contribution in [0.5, 0.6) is 0 Å². The fourth-order valence-corrected chi connectivity index (χ4v) is 3.19.